The van der Waals surface area contributed by atoms with Gasteiger partial charge in [0.05, 0.1) is 44.4 Å². The van der Waals surface area contributed by atoms with Crippen molar-refractivity contribution in [1.29, 1.82) is 0 Å². The van der Waals surface area contributed by atoms with Crippen molar-refractivity contribution in [3.8, 4) is 17.2 Å². The lowest BCUT2D eigenvalue weighted by molar-refractivity contribution is -0.134. The molecule has 0 saturated carbocycles. The number of carbonyl (C=O) groups excluding carboxylic acids is 2. The third kappa shape index (κ3) is 7.56. The van der Waals surface area contributed by atoms with Gasteiger partial charge in [-0.05, 0) is 87.7 Å². The Balaban J connectivity index is 1.21. The van der Waals surface area contributed by atoms with E-state index in [0.717, 1.165) is 61.7 Å². The van der Waals surface area contributed by atoms with Gasteiger partial charge in [0.2, 0.25) is 17.6 Å². The van der Waals surface area contributed by atoms with E-state index in [-0.39, 0.29) is 24.4 Å². The highest BCUT2D eigenvalue weighted by Crippen LogP contribution is 2.42. The number of aromatic nitrogens is 2. The van der Waals surface area contributed by atoms with Crippen LogP contribution in [-0.4, -0.2) is 105 Å². The number of fused-ring (bicyclic) bond motifs is 1. The van der Waals surface area contributed by atoms with Crippen LogP contribution >= 0.6 is 0 Å². The SMILES string of the molecule is CCOCCn1c(N2CCCN(CCC3(Cc4ccc(F)c(F)c4)CCN(C(=O)c4cc(OC)c(OC)c(OC)c4)C3=O)CC2)nc2ccccc21. The van der Waals surface area contributed by atoms with Crippen molar-refractivity contribution in [2.45, 2.75) is 39.2 Å². The molecule has 2 aliphatic rings. The summed E-state index contributed by atoms with van der Waals surface area (Å²) in [4.78, 5) is 39.3. The number of anilines is 1. The van der Waals surface area contributed by atoms with Crippen LogP contribution in [0.5, 0.6) is 17.2 Å². The third-order valence-corrected chi connectivity index (χ3v) is 10.3. The van der Waals surface area contributed by atoms with Gasteiger partial charge >= 0.3 is 0 Å². The number of likely N-dealkylation sites (tertiary alicyclic amines) is 1. The number of nitrogens with zero attached hydrogens (tertiary/aromatic N) is 5. The smallest absolute Gasteiger partial charge is 0.260 e. The minimum atomic E-state index is -1.00. The van der Waals surface area contributed by atoms with Crippen molar-refractivity contribution >= 4 is 28.8 Å². The lowest BCUT2D eigenvalue weighted by Crippen LogP contribution is -2.42. The molecule has 0 bridgehead atoms. The number of carbonyl (C=O) groups is 2. The monoisotopic (exact) mass is 719 g/mol. The molecule has 3 aromatic carbocycles. The van der Waals surface area contributed by atoms with E-state index in [4.69, 9.17) is 23.9 Å². The first-order valence-corrected chi connectivity index (χ1v) is 17.8. The maximum atomic E-state index is 14.4. The van der Waals surface area contributed by atoms with Crippen LogP contribution in [0.3, 0.4) is 0 Å². The first kappa shape index (κ1) is 37.0. The number of methoxy groups -OCH3 is 3. The van der Waals surface area contributed by atoms with Gasteiger partial charge in [0, 0.05) is 44.9 Å². The highest BCUT2D eigenvalue weighted by Gasteiger charge is 2.49. The van der Waals surface area contributed by atoms with Gasteiger partial charge < -0.3 is 33.3 Å². The van der Waals surface area contributed by atoms with E-state index >= 15 is 0 Å². The summed E-state index contributed by atoms with van der Waals surface area (Å²) in [5.74, 6) is -0.900. The number of imidazole rings is 1. The van der Waals surface area contributed by atoms with Crippen LogP contribution in [0.25, 0.3) is 11.0 Å². The number of ether oxygens (including phenoxy) is 4. The Bertz CT molecular complexity index is 1880. The minimum Gasteiger partial charge on any atom is -0.493 e. The molecular weight excluding hydrogens is 672 g/mol. The summed E-state index contributed by atoms with van der Waals surface area (Å²) in [6.45, 7) is 7.84. The maximum Gasteiger partial charge on any atom is 0.260 e. The van der Waals surface area contributed by atoms with Gasteiger partial charge in [-0.25, -0.2) is 13.8 Å². The molecule has 13 heteroatoms. The molecule has 2 aliphatic heterocycles. The number of para-hydroxylation sites is 2. The summed E-state index contributed by atoms with van der Waals surface area (Å²) in [7, 11) is 4.39. The van der Waals surface area contributed by atoms with Gasteiger partial charge in [-0.2, -0.15) is 0 Å². The maximum absolute atomic E-state index is 14.4. The quantitative estimate of drug-likeness (QED) is 0.122. The van der Waals surface area contributed by atoms with Crippen LogP contribution in [0.2, 0.25) is 0 Å². The Morgan fingerprint density at radius 1 is 0.885 bits per heavy atom. The van der Waals surface area contributed by atoms with Gasteiger partial charge in [-0.3, -0.25) is 14.5 Å². The van der Waals surface area contributed by atoms with Crippen molar-refractivity contribution in [3.63, 3.8) is 0 Å². The third-order valence-electron chi connectivity index (χ3n) is 10.3. The minimum absolute atomic E-state index is 0.173. The van der Waals surface area contributed by atoms with E-state index in [1.807, 2.05) is 25.1 Å². The molecule has 0 aliphatic carbocycles. The summed E-state index contributed by atoms with van der Waals surface area (Å²) < 4.78 is 52.5. The summed E-state index contributed by atoms with van der Waals surface area (Å²) >= 11 is 0. The Morgan fingerprint density at radius 3 is 2.37 bits per heavy atom. The fourth-order valence-corrected chi connectivity index (χ4v) is 7.49. The normalized spacial score (nSPS) is 18.2. The summed E-state index contributed by atoms with van der Waals surface area (Å²) in [5.41, 5.74) is 1.73. The lowest BCUT2D eigenvalue weighted by atomic mass is 9.77. The predicted molar refractivity (Wildman–Crippen MR) is 193 cm³/mol. The highest BCUT2D eigenvalue weighted by atomic mass is 19.2. The molecule has 0 spiro atoms. The van der Waals surface area contributed by atoms with Crippen molar-refractivity contribution in [1.82, 2.24) is 19.4 Å². The molecule has 1 unspecified atom stereocenters. The average molecular weight is 720 g/mol. The second-order valence-electron chi connectivity index (χ2n) is 13.3. The molecule has 0 N–H and O–H groups in total. The predicted octanol–water partition coefficient (Wildman–Crippen LogP) is 5.58. The summed E-state index contributed by atoms with van der Waals surface area (Å²) in [6.07, 6.45) is 1.89. The molecule has 2 saturated heterocycles. The van der Waals surface area contributed by atoms with E-state index in [1.54, 1.807) is 0 Å². The van der Waals surface area contributed by atoms with Crippen LogP contribution in [0.15, 0.2) is 54.6 Å². The van der Waals surface area contributed by atoms with E-state index in [0.29, 0.717) is 62.0 Å². The van der Waals surface area contributed by atoms with E-state index in [2.05, 4.69) is 20.4 Å². The van der Waals surface area contributed by atoms with Crippen molar-refractivity contribution < 1.29 is 37.3 Å². The second-order valence-corrected chi connectivity index (χ2v) is 13.3. The molecule has 278 valence electrons. The van der Waals surface area contributed by atoms with Crippen LogP contribution in [-0.2, 0) is 22.5 Å². The number of amides is 2. The van der Waals surface area contributed by atoms with Gasteiger partial charge in [0.15, 0.2) is 23.1 Å². The van der Waals surface area contributed by atoms with Crippen LogP contribution in [0, 0.1) is 17.0 Å². The molecule has 0 radical (unpaired) electrons. The van der Waals surface area contributed by atoms with Crippen molar-refractivity contribution in [2.75, 3.05) is 78.7 Å². The molecule has 2 amide bonds. The highest BCUT2D eigenvalue weighted by molar-refractivity contribution is 6.08. The largest absolute Gasteiger partial charge is 0.493 e. The second kappa shape index (κ2) is 16.3. The molecule has 2 fully saturated rings. The Kier molecular flexibility index (Phi) is 11.6. The molecule has 1 atom stereocenters. The molecular formula is C39H47F2N5O6. The van der Waals surface area contributed by atoms with Gasteiger partial charge in [-0.1, -0.05) is 18.2 Å². The van der Waals surface area contributed by atoms with Crippen molar-refractivity contribution in [3.05, 3.63) is 77.4 Å². The first-order chi connectivity index (χ1) is 25.2. The molecule has 11 nitrogen and oxygen atoms in total. The zero-order chi connectivity index (χ0) is 36.8. The Hall–Kier alpha value is -4.75. The fraction of sp³-hybridized carbons (Fsp3) is 0.462. The van der Waals surface area contributed by atoms with Crippen LogP contribution in [0.1, 0.15) is 42.1 Å². The molecule has 6 rings (SSSR count). The Labute approximate surface area is 303 Å². The van der Waals surface area contributed by atoms with Gasteiger partial charge in [0.1, 0.15) is 0 Å². The van der Waals surface area contributed by atoms with E-state index < -0.39 is 23.0 Å². The average Bonchev–Trinajstić information content (AvgIpc) is 3.57. The van der Waals surface area contributed by atoms with E-state index in [1.165, 1.54) is 44.4 Å². The first-order valence-electron chi connectivity index (χ1n) is 17.8. The topological polar surface area (TPSA) is 98.6 Å². The number of hydrogen-bond donors (Lipinski definition) is 0. The molecule has 1 aromatic heterocycles. The zero-order valence-electron chi connectivity index (χ0n) is 30.3. The zero-order valence-corrected chi connectivity index (χ0v) is 30.3. The summed E-state index contributed by atoms with van der Waals surface area (Å²) in [6, 6.07) is 14.9. The number of benzene rings is 3. The number of halogens is 2. The van der Waals surface area contributed by atoms with Crippen LogP contribution < -0.4 is 19.1 Å². The Morgan fingerprint density at radius 2 is 1.65 bits per heavy atom. The van der Waals surface area contributed by atoms with Gasteiger partial charge in [0.25, 0.3) is 5.91 Å². The molecule has 4 aromatic rings. The number of imide groups is 1. The standard InChI is InChI=1S/C39H47F2N5O6/c1-5-52-22-21-45-32-10-7-6-9-31(32)42-38(45)44-16-8-15-43(19-20-44)17-13-39(26-27-11-12-29(40)30(41)23-27)14-18-46(37(39)48)36(47)28-24-33(49-2)35(51-4)34(25-28)50-3/h6-7,9-12,23-25H,5,8,13-22,26H2,1-4H3. The fourth-order valence-electron chi connectivity index (χ4n) is 7.49. The summed E-state index contributed by atoms with van der Waals surface area (Å²) in [5, 5.41) is 0. The number of rotatable bonds is 14. The molecule has 3 heterocycles. The lowest BCUT2D eigenvalue weighted by Gasteiger charge is -2.31. The van der Waals surface area contributed by atoms with Crippen molar-refractivity contribution in [2.24, 2.45) is 5.41 Å². The number of hydrogen-bond acceptors (Lipinski definition) is 9. The van der Waals surface area contributed by atoms with Crippen LogP contribution in [0.4, 0.5) is 14.7 Å². The molecule has 52 heavy (non-hydrogen) atoms. The van der Waals surface area contributed by atoms with Gasteiger partial charge in [-0.15, -0.1) is 0 Å². The van der Waals surface area contributed by atoms with E-state index in [9.17, 15) is 18.4 Å².